The Balaban J connectivity index is 2.28. The molecule has 0 atom stereocenters. The van der Waals surface area contributed by atoms with Gasteiger partial charge in [0.1, 0.15) is 5.75 Å². The van der Waals surface area contributed by atoms with Crippen molar-refractivity contribution in [1.29, 1.82) is 0 Å². The molecule has 76 valence electrons. The van der Waals surface area contributed by atoms with Crippen molar-refractivity contribution in [3.63, 3.8) is 0 Å². The molecule has 3 heteroatoms. The zero-order chi connectivity index (χ0) is 10.7. The van der Waals surface area contributed by atoms with E-state index in [1.165, 1.54) is 6.07 Å². The average Bonchev–Trinajstić information content (AvgIpc) is 2.25. The van der Waals surface area contributed by atoms with E-state index in [-0.39, 0.29) is 5.88 Å². The lowest BCUT2D eigenvalue weighted by atomic mass is 10.3. The van der Waals surface area contributed by atoms with E-state index < -0.39 is 5.82 Å². The van der Waals surface area contributed by atoms with Crippen LogP contribution in [-0.4, -0.2) is 4.98 Å². The minimum Gasteiger partial charge on any atom is -0.436 e. The Morgan fingerprint density at radius 1 is 1.07 bits per heavy atom. The van der Waals surface area contributed by atoms with Gasteiger partial charge in [0.2, 0.25) is 0 Å². The van der Waals surface area contributed by atoms with Gasteiger partial charge in [-0.2, -0.15) is 0 Å². The lowest BCUT2D eigenvalue weighted by Gasteiger charge is -2.05. The summed E-state index contributed by atoms with van der Waals surface area (Å²) in [6.07, 6.45) is 0. The van der Waals surface area contributed by atoms with Gasteiger partial charge in [-0.25, -0.2) is 9.37 Å². The number of aromatic nitrogens is 1. The maximum Gasteiger partial charge on any atom is 0.256 e. The van der Waals surface area contributed by atoms with Crippen molar-refractivity contribution in [1.82, 2.24) is 4.98 Å². The van der Waals surface area contributed by atoms with Crippen LogP contribution in [0.25, 0.3) is 0 Å². The van der Waals surface area contributed by atoms with Crippen molar-refractivity contribution < 1.29 is 9.13 Å². The van der Waals surface area contributed by atoms with Crippen LogP contribution in [0.5, 0.6) is 11.6 Å². The molecule has 0 fully saturated rings. The summed E-state index contributed by atoms with van der Waals surface area (Å²) in [4.78, 5) is 3.97. The lowest BCUT2D eigenvalue weighted by Crippen LogP contribution is -1.93. The van der Waals surface area contributed by atoms with Crippen LogP contribution < -0.4 is 4.74 Å². The average molecular weight is 203 g/mol. The molecule has 0 aliphatic heterocycles. The number of nitrogens with zero attached hydrogens (tertiary/aromatic N) is 1. The Hall–Kier alpha value is -1.90. The monoisotopic (exact) mass is 203 g/mol. The Morgan fingerprint density at radius 2 is 1.80 bits per heavy atom. The number of benzene rings is 1. The Bertz CT molecular complexity index is 456. The highest BCUT2D eigenvalue weighted by Gasteiger charge is 2.05. The first-order valence-corrected chi connectivity index (χ1v) is 4.62. The molecule has 0 saturated carbocycles. The first kappa shape index (κ1) is 9.65. The third kappa shape index (κ3) is 2.31. The van der Waals surface area contributed by atoms with Gasteiger partial charge in [0, 0.05) is 5.69 Å². The Kier molecular flexibility index (Phi) is 2.63. The number of aryl methyl sites for hydroxylation is 1. The van der Waals surface area contributed by atoms with E-state index in [9.17, 15) is 4.39 Å². The van der Waals surface area contributed by atoms with Crippen LogP contribution in [0, 0.1) is 12.7 Å². The maximum atomic E-state index is 13.3. The molecule has 0 bridgehead atoms. The second-order valence-electron chi connectivity index (χ2n) is 3.15. The fraction of sp³-hybridized carbons (Fsp3) is 0.0833. The summed E-state index contributed by atoms with van der Waals surface area (Å²) in [7, 11) is 0. The summed E-state index contributed by atoms with van der Waals surface area (Å²) in [5.74, 6) is 0.139. The molecule has 1 heterocycles. The van der Waals surface area contributed by atoms with E-state index >= 15 is 0 Å². The quantitative estimate of drug-likeness (QED) is 0.746. The predicted molar refractivity (Wildman–Crippen MR) is 55.4 cm³/mol. The van der Waals surface area contributed by atoms with Gasteiger partial charge in [-0.05, 0) is 31.2 Å². The molecule has 0 radical (unpaired) electrons. The van der Waals surface area contributed by atoms with Gasteiger partial charge >= 0.3 is 0 Å². The van der Waals surface area contributed by atoms with E-state index in [1.807, 2.05) is 18.2 Å². The standard InChI is InChI=1S/C12H10FNO/c1-9-7-8-11(13)12(14-9)15-10-5-3-2-4-6-10/h2-8H,1H3. The molecule has 2 aromatic rings. The van der Waals surface area contributed by atoms with E-state index in [4.69, 9.17) is 4.74 Å². The minimum atomic E-state index is -0.454. The largest absolute Gasteiger partial charge is 0.436 e. The molecule has 0 aliphatic carbocycles. The van der Waals surface area contributed by atoms with Gasteiger partial charge in [-0.3, -0.25) is 0 Å². The van der Waals surface area contributed by atoms with Gasteiger partial charge in [0.05, 0.1) is 0 Å². The van der Waals surface area contributed by atoms with Crippen LogP contribution in [0.4, 0.5) is 4.39 Å². The molecule has 0 N–H and O–H groups in total. The van der Waals surface area contributed by atoms with Gasteiger partial charge in [-0.15, -0.1) is 0 Å². The molecule has 0 aliphatic rings. The number of hydrogen-bond acceptors (Lipinski definition) is 2. The first-order chi connectivity index (χ1) is 7.25. The topological polar surface area (TPSA) is 22.1 Å². The van der Waals surface area contributed by atoms with Crippen LogP contribution in [0.3, 0.4) is 0 Å². The SMILES string of the molecule is Cc1ccc(F)c(Oc2ccccc2)n1. The zero-order valence-corrected chi connectivity index (χ0v) is 8.27. The molecule has 2 rings (SSSR count). The number of pyridine rings is 1. The second kappa shape index (κ2) is 4.09. The normalized spacial score (nSPS) is 10.0. The summed E-state index contributed by atoms with van der Waals surface area (Å²) in [5.41, 5.74) is 0.724. The lowest BCUT2D eigenvalue weighted by molar-refractivity contribution is 0.421. The summed E-state index contributed by atoms with van der Waals surface area (Å²) in [6, 6.07) is 12.0. The van der Waals surface area contributed by atoms with E-state index in [0.717, 1.165) is 5.69 Å². The van der Waals surface area contributed by atoms with Crippen molar-refractivity contribution in [2.45, 2.75) is 6.92 Å². The van der Waals surface area contributed by atoms with E-state index in [1.54, 1.807) is 25.1 Å². The van der Waals surface area contributed by atoms with Crippen LogP contribution in [-0.2, 0) is 0 Å². The number of hydrogen-bond donors (Lipinski definition) is 0. The molecular weight excluding hydrogens is 193 g/mol. The number of halogens is 1. The second-order valence-corrected chi connectivity index (χ2v) is 3.15. The molecule has 0 amide bonds. The third-order valence-electron chi connectivity index (χ3n) is 1.91. The van der Waals surface area contributed by atoms with Crippen molar-refractivity contribution in [2.24, 2.45) is 0 Å². The van der Waals surface area contributed by atoms with Gasteiger partial charge in [0.25, 0.3) is 5.88 Å². The van der Waals surface area contributed by atoms with E-state index in [0.29, 0.717) is 5.75 Å². The summed E-state index contributed by atoms with van der Waals surface area (Å²) in [6.45, 7) is 1.79. The number of para-hydroxylation sites is 1. The summed E-state index contributed by atoms with van der Waals surface area (Å²) in [5, 5.41) is 0. The maximum absolute atomic E-state index is 13.3. The van der Waals surface area contributed by atoms with Gasteiger partial charge < -0.3 is 4.74 Å². The summed E-state index contributed by atoms with van der Waals surface area (Å²) >= 11 is 0. The van der Waals surface area contributed by atoms with Crippen molar-refractivity contribution in [2.75, 3.05) is 0 Å². The molecule has 1 aromatic carbocycles. The number of rotatable bonds is 2. The minimum absolute atomic E-state index is 0.0150. The predicted octanol–water partition coefficient (Wildman–Crippen LogP) is 3.32. The van der Waals surface area contributed by atoms with Crippen LogP contribution >= 0.6 is 0 Å². The highest BCUT2D eigenvalue weighted by atomic mass is 19.1. The fourth-order valence-electron chi connectivity index (χ4n) is 1.19. The fourth-order valence-corrected chi connectivity index (χ4v) is 1.19. The van der Waals surface area contributed by atoms with E-state index in [2.05, 4.69) is 4.98 Å². The first-order valence-electron chi connectivity index (χ1n) is 4.62. The zero-order valence-electron chi connectivity index (χ0n) is 8.27. The van der Waals surface area contributed by atoms with Crippen molar-refractivity contribution in [3.05, 3.63) is 54.0 Å². The highest BCUT2D eigenvalue weighted by molar-refractivity contribution is 5.27. The molecule has 1 aromatic heterocycles. The van der Waals surface area contributed by atoms with Crippen molar-refractivity contribution >= 4 is 0 Å². The van der Waals surface area contributed by atoms with Gasteiger partial charge in [0.15, 0.2) is 5.82 Å². The van der Waals surface area contributed by atoms with Crippen LogP contribution in [0.2, 0.25) is 0 Å². The smallest absolute Gasteiger partial charge is 0.256 e. The van der Waals surface area contributed by atoms with Crippen molar-refractivity contribution in [3.8, 4) is 11.6 Å². The summed E-state index contributed by atoms with van der Waals surface area (Å²) < 4.78 is 18.6. The molecule has 0 spiro atoms. The van der Waals surface area contributed by atoms with Gasteiger partial charge in [-0.1, -0.05) is 18.2 Å². The number of ether oxygens (including phenoxy) is 1. The Morgan fingerprint density at radius 3 is 2.53 bits per heavy atom. The molecule has 15 heavy (non-hydrogen) atoms. The molecule has 2 nitrogen and oxygen atoms in total. The molecule has 0 unspecified atom stereocenters. The van der Waals surface area contributed by atoms with Crippen LogP contribution in [0.1, 0.15) is 5.69 Å². The Labute approximate surface area is 87.4 Å². The molecular formula is C12H10FNO. The van der Waals surface area contributed by atoms with Crippen LogP contribution in [0.15, 0.2) is 42.5 Å². The third-order valence-corrected chi connectivity index (χ3v) is 1.91. The highest BCUT2D eigenvalue weighted by Crippen LogP contribution is 2.21. The molecule has 0 saturated heterocycles.